The van der Waals surface area contributed by atoms with Gasteiger partial charge in [0.1, 0.15) is 0 Å². The number of esters is 1. The summed E-state index contributed by atoms with van der Waals surface area (Å²) in [7, 11) is 3.20. The number of nitrogens with zero attached hydrogens (tertiary/aromatic N) is 1. The second kappa shape index (κ2) is 7.21. The van der Waals surface area contributed by atoms with E-state index in [9.17, 15) is 9.59 Å². The van der Waals surface area contributed by atoms with E-state index in [0.29, 0.717) is 29.1 Å². The lowest BCUT2D eigenvalue weighted by molar-refractivity contribution is 0.0599. The minimum Gasteiger partial charge on any atom is -0.465 e. The van der Waals surface area contributed by atoms with E-state index >= 15 is 0 Å². The third kappa shape index (κ3) is 3.43. The highest BCUT2D eigenvalue weighted by Gasteiger charge is 2.23. The zero-order valence-corrected chi connectivity index (χ0v) is 15.3. The Bertz CT molecular complexity index is 856. The summed E-state index contributed by atoms with van der Waals surface area (Å²) in [4.78, 5) is 29.4. The van der Waals surface area contributed by atoms with Gasteiger partial charge in [0, 0.05) is 12.2 Å². The van der Waals surface area contributed by atoms with Crippen LogP contribution in [0.5, 0.6) is 11.5 Å². The first-order valence-electron chi connectivity index (χ1n) is 8.28. The Hall–Kier alpha value is -2.80. The van der Waals surface area contributed by atoms with Gasteiger partial charge in [-0.15, -0.1) is 0 Å². The second-order valence-corrected chi connectivity index (χ2v) is 6.40. The number of carbonyl (C=O) groups excluding carboxylic acids is 2. The van der Waals surface area contributed by atoms with Crippen molar-refractivity contribution in [3.05, 3.63) is 46.3 Å². The van der Waals surface area contributed by atoms with Crippen LogP contribution in [0.25, 0.3) is 0 Å². The van der Waals surface area contributed by atoms with Gasteiger partial charge in [-0.25, -0.2) is 4.79 Å². The predicted molar refractivity (Wildman–Crippen MR) is 94.8 cm³/mol. The molecule has 0 fully saturated rings. The monoisotopic (exact) mass is 358 g/mol. The smallest absolute Gasteiger partial charge is 0.339 e. The van der Waals surface area contributed by atoms with Gasteiger partial charge in [0.25, 0.3) is 0 Å². The number of hydrogen-bond donors (Lipinski definition) is 1. The van der Waals surface area contributed by atoms with E-state index in [1.165, 1.54) is 7.11 Å². The van der Waals surface area contributed by atoms with E-state index < -0.39 is 5.97 Å². The van der Waals surface area contributed by atoms with Crippen molar-refractivity contribution in [2.45, 2.75) is 20.4 Å². The van der Waals surface area contributed by atoms with E-state index in [1.54, 1.807) is 13.8 Å². The van der Waals surface area contributed by atoms with E-state index in [4.69, 9.17) is 14.2 Å². The van der Waals surface area contributed by atoms with Crippen LogP contribution >= 0.6 is 0 Å². The number of Topliss-reactive ketones (excluding diaryl/α,β-unsaturated/α-hetero) is 1. The molecular weight excluding hydrogens is 336 g/mol. The lowest BCUT2D eigenvalue weighted by Gasteiger charge is -2.16. The van der Waals surface area contributed by atoms with E-state index in [2.05, 4.69) is 4.98 Å². The zero-order valence-electron chi connectivity index (χ0n) is 15.3. The molecule has 0 amide bonds. The number of ether oxygens (including phenoxy) is 3. The van der Waals surface area contributed by atoms with Crippen LogP contribution < -0.4 is 9.47 Å². The number of likely N-dealkylation sites (N-methyl/N-ethyl adjacent to an activating group) is 1. The molecule has 0 saturated carbocycles. The van der Waals surface area contributed by atoms with E-state index in [-0.39, 0.29) is 19.1 Å². The summed E-state index contributed by atoms with van der Waals surface area (Å²) in [6, 6.07) is 5.74. The third-order valence-electron chi connectivity index (χ3n) is 4.41. The van der Waals surface area contributed by atoms with Crippen LogP contribution in [-0.4, -0.2) is 49.1 Å². The lowest BCUT2D eigenvalue weighted by Crippen LogP contribution is -2.26. The minimum absolute atomic E-state index is 0.0796. The topological polar surface area (TPSA) is 80.9 Å². The SMILES string of the molecule is COC(=O)c1c(C)[nH]c(C(=O)CN(C)Cc2ccc3c(c2)OCO3)c1C. The normalized spacial score (nSPS) is 12.5. The first-order valence-corrected chi connectivity index (χ1v) is 8.28. The molecule has 1 aliphatic rings. The van der Waals surface area contributed by atoms with Crippen molar-refractivity contribution in [2.24, 2.45) is 0 Å². The molecule has 138 valence electrons. The van der Waals surface area contributed by atoms with Crippen LogP contribution in [0.3, 0.4) is 0 Å². The van der Waals surface area contributed by atoms with Crippen LogP contribution in [0.4, 0.5) is 0 Å². The van der Waals surface area contributed by atoms with Gasteiger partial charge in [0.15, 0.2) is 17.3 Å². The Morgan fingerprint density at radius 1 is 1.23 bits per heavy atom. The number of fused-ring (bicyclic) bond motifs is 1. The Balaban J connectivity index is 1.69. The molecule has 0 radical (unpaired) electrons. The second-order valence-electron chi connectivity index (χ2n) is 6.40. The maximum absolute atomic E-state index is 12.7. The van der Waals surface area contributed by atoms with Gasteiger partial charge in [-0.05, 0) is 44.2 Å². The number of benzene rings is 1. The fourth-order valence-electron chi connectivity index (χ4n) is 3.17. The maximum atomic E-state index is 12.7. The van der Waals surface area contributed by atoms with Crippen molar-refractivity contribution in [2.75, 3.05) is 27.5 Å². The van der Waals surface area contributed by atoms with E-state index in [1.807, 2.05) is 30.1 Å². The van der Waals surface area contributed by atoms with Crippen LogP contribution in [0.15, 0.2) is 18.2 Å². The van der Waals surface area contributed by atoms with Gasteiger partial charge in [-0.1, -0.05) is 6.07 Å². The van der Waals surface area contributed by atoms with Crippen molar-refractivity contribution in [1.82, 2.24) is 9.88 Å². The van der Waals surface area contributed by atoms with E-state index in [0.717, 1.165) is 17.1 Å². The molecule has 1 aliphatic heterocycles. The molecule has 0 aliphatic carbocycles. The molecule has 0 spiro atoms. The summed E-state index contributed by atoms with van der Waals surface area (Å²) in [6.45, 7) is 4.55. The number of methoxy groups -OCH3 is 1. The third-order valence-corrected chi connectivity index (χ3v) is 4.41. The number of carbonyl (C=O) groups is 2. The summed E-state index contributed by atoms with van der Waals surface area (Å²) in [5.41, 5.74) is 3.15. The lowest BCUT2D eigenvalue weighted by atomic mass is 10.1. The summed E-state index contributed by atoms with van der Waals surface area (Å²) >= 11 is 0. The van der Waals surface area contributed by atoms with Crippen LogP contribution in [-0.2, 0) is 11.3 Å². The highest BCUT2D eigenvalue weighted by molar-refractivity contribution is 6.02. The fraction of sp³-hybridized carbons (Fsp3) is 0.368. The molecule has 26 heavy (non-hydrogen) atoms. The van der Waals surface area contributed by atoms with Crippen LogP contribution in [0, 0.1) is 13.8 Å². The molecule has 0 atom stereocenters. The molecule has 7 heteroatoms. The number of ketones is 1. The first kappa shape index (κ1) is 18.0. The standard InChI is InChI=1S/C19H22N2O5/c1-11-17(19(23)24-4)12(2)20-18(11)14(22)9-21(3)8-13-5-6-15-16(7-13)26-10-25-15/h5-7,20H,8-10H2,1-4H3. The molecule has 1 aromatic carbocycles. The van der Waals surface area contributed by atoms with Gasteiger partial charge >= 0.3 is 5.97 Å². The Morgan fingerprint density at radius 2 is 1.96 bits per heavy atom. The number of H-pyrrole nitrogens is 1. The van der Waals surface area contributed by atoms with Crippen molar-refractivity contribution in [1.29, 1.82) is 0 Å². The number of aromatic nitrogens is 1. The van der Waals surface area contributed by atoms with Crippen LogP contribution in [0.1, 0.15) is 37.7 Å². The van der Waals surface area contributed by atoms with Gasteiger partial charge in [-0.2, -0.15) is 0 Å². The molecule has 2 heterocycles. The summed E-state index contributed by atoms with van der Waals surface area (Å²) in [5.74, 6) is 0.939. The summed E-state index contributed by atoms with van der Waals surface area (Å²) in [5, 5.41) is 0. The van der Waals surface area contributed by atoms with Gasteiger partial charge < -0.3 is 19.2 Å². The highest BCUT2D eigenvalue weighted by atomic mass is 16.7. The van der Waals surface area contributed by atoms with Gasteiger partial charge in [-0.3, -0.25) is 9.69 Å². The van der Waals surface area contributed by atoms with Crippen molar-refractivity contribution in [3.8, 4) is 11.5 Å². The highest BCUT2D eigenvalue weighted by Crippen LogP contribution is 2.32. The molecule has 7 nitrogen and oxygen atoms in total. The molecule has 3 rings (SSSR count). The molecule has 0 unspecified atom stereocenters. The Morgan fingerprint density at radius 3 is 2.69 bits per heavy atom. The Labute approximate surface area is 151 Å². The average Bonchev–Trinajstić information content (AvgIpc) is 3.17. The predicted octanol–water partition coefficient (Wildman–Crippen LogP) is 2.46. The largest absolute Gasteiger partial charge is 0.465 e. The molecule has 1 N–H and O–H groups in total. The number of aromatic amines is 1. The first-order chi connectivity index (χ1) is 12.4. The van der Waals surface area contributed by atoms with Crippen molar-refractivity contribution in [3.63, 3.8) is 0 Å². The molecule has 0 bridgehead atoms. The molecule has 1 aromatic heterocycles. The van der Waals surface area contributed by atoms with Crippen molar-refractivity contribution >= 4 is 11.8 Å². The zero-order chi connectivity index (χ0) is 18.8. The van der Waals surface area contributed by atoms with Gasteiger partial charge in [0.2, 0.25) is 6.79 Å². The molecular formula is C19H22N2O5. The maximum Gasteiger partial charge on any atom is 0.339 e. The summed E-state index contributed by atoms with van der Waals surface area (Å²) in [6.07, 6.45) is 0. The molecule has 2 aromatic rings. The number of hydrogen-bond acceptors (Lipinski definition) is 6. The average molecular weight is 358 g/mol. The summed E-state index contributed by atoms with van der Waals surface area (Å²) < 4.78 is 15.5. The van der Waals surface area contributed by atoms with Crippen molar-refractivity contribution < 1.29 is 23.8 Å². The minimum atomic E-state index is -0.441. The van der Waals surface area contributed by atoms with Gasteiger partial charge in [0.05, 0.1) is 24.9 Å². The quantitative estimate of drug-likeness (QED) is 0.631. The molecule has 0 saturated heterocycles. The number of rotatable bonds is 6. The number of nitrogens with one attached hydrogen (secondary N) is 1. The van der Waals surface area contributed by atoms with Crippen LogP contribution in [0.2, 0.25) is 0 Å². The Kier molecular flexibility index (Phi) is 4.99. The number of aryl methyl sites for hydroxylation is 1. The fourth-order valence-corrected chi connectivity index (χ4v) is 3.17.